The lowest BCUT2D eigenvalue weighted by molar-refractivity contribution is -0.143. The van der Waals surface area contributed by atoms with Crippen LogP contribution in [-0.2, 0) is 14.3 Å². The van der Waals surface area contributed by atoms with Crippen molar-refractivity contribution < 1.29 is 24.2 Å². The molecule has 3 aliphatic carbocycles. The third-order valence-corrected chi connectivity index (χ3v) is 7.84. The van der Waals surface area contributed by atoms with Gasteiger partial charge in [0.15, 0.2) is 0 Å². The zero-order valence-electron chi connectivity index (χ0n) is 20.1. The second-order valence-corrected chi connectivity index (χ2v) is 10.7. The number of nitrogens with one attached hydrogen (secondary N) is 2. The zero-order valence-corrected chi connectivity index (χ0v) is 20.1. The van der Waals surface area contributed by atoms with Gasteiger partial charge in [-0.2, -0.15) is 0 Å². The van der Waals surface area contributed by atoms with Crippen LogP contribution in [0.2, 0.25) is 0 Å². The van der Waals surface area contributed by atoms with Gasteiger partial charge in [-0.25, -0.2) is 4.79 Å². The lowest BCUT2D eigenvalue weighted by Gasteiger charge is -2.24. The predicted octanol–water partition coefficient (Wildman–Crippen LogP) is 4.31. The topological polar surface area (TPSA) is 105 Å². The van der Waals surface area contributed by atoms with Crippen molar-refractivity contribution in [2.45, 2.75) is 57.5 Å². The minimum atomic E-state index is -0.769. The molecule has 0 bridgehead atoms. The van der Waals surface area contributed by atoms with Gasteiger partial charge < -0.3 is 20.5 Å². The molecule has 2 aromatic rings. The first-order valence-electron chi connectivity index (χ1n) is 12.4. The SMILES string of the molecule is CC(C)C[C@H](NC(=O)OCC1c2ccccc2-c2ccccc21)C(=O)N[C@@H]1C[C@H]2C[C@@]2(C(=O)O)C1. The number of carboxylic acid groups (broad SMARTS) is 1. The van der Waals surface area contributed by atoms with E-state index in [2.05, 4.69) is 34.9 Å². The Labute approximate surface area is 205 Å². The first kappa shape index (κ1) is 23.4. The molecule has 2 aromatic carbocycles. The first-order valence-corrected chi connectivity index (χ1v) is 12.4. The molecule has 4 atom stereocenters. The first-order chi connectivity index (χ1) is 16.8. The lowest BCUT2D eigenvalue weighted by Crippen LogP contribution is -2.50. The minimum absolute atomic E-state index is 0.0528. The summed E-state index contributed by atoms with van der Waals surface area (Å²) in [6.45, 7) is 4.16. The fourth-order valence-electron chi connectivity index (χ4n) is 6.05. The Morgan fingerprint density at radius 2 is 1.66 bits per heavy atom. The van der Waals surface area contributed by atoms with E-state index in [-0.39, 0.29) is 36.3 Å². The van der Waals surface area contributed by atoms with E-state index in [4.69, 9.17) is 4.74 Å². The molecule has 0 unspecified atom stereocenters. The molecule has 3 N–H and O–H groups in total. The van der Waals surface area contributed by atoms with Crippen molar-refractivity contribution in [3.63, 3.8) is 0 Å². The third kappa shape index (κ3) is 4.40. The van der Waals surface area contributed by atoms with Crippen LogP contribution in [0.3, 0.4) is 0 Å². The van der Waals surface area contributed by atoms with Crippen molar-refractivity contribution in [1.82, 2.24) is 10.6 Å². The predicted molar refractivity (Wildman–Crippen MR) is 131 cm³/mol. The van der Waals surface area contributed by atoms with Crippen LogP contribution >= 0.6 is 0 Å². The Kier molecular flexibility index (Phi) is 6.03. The fourth-order valence-corrected chi connectivity index (χ4v) is 6.05. The van der Waals surface area contributed by atoms with Crippen molar-refractivity contribution in [2.75, 3.05) is 6.61 Å². The number of fused-ring (bicyclic) bond motifs is 4. The molecule has 7 nitrogen and oxygen atoms in total. The van der Waals surface area contributed by atoms with Gasteiger partial charge in [-0.3, -0.25) is 9.59 Å². The number of ether oxygens (including phenoxy) is 1. The molecule has 2 fully saturated rings. The number of aliphatic carboxylic acids is 1. The van der Waals surface area contributed by atoms with Crippen LogP contribution in [-0.4, -0.2) is 41.8 Å². The number of rotatable bonds is 8. The van der Waals surface area contributed by atoms with Crippen molar-refractivity contribution in [3.05, 3.63) is 59.7 Å². The lowest BCUT2D eigenvalue weighted by atomic mass is 9.98. The average molecular weight is 477 g/mol. The van der Waals surface area contributed by atoms with Gasteiger partial charge in [-0.15, -0.1) is 0 Å². The molecular formula is C28H32N2O5. The summed E-state index contributed by atoms with van der Waals surface area (Å²) in [6.07, 6.45) is 1.68. The third-order valence-electron chi connectivity index (χ3n) is 7.84. The molecule has 0 saturated heterocycles. The summed E-state index contributed by atoms with van der Waals surface area (Å²) >= 11 is 0. The van der Waals surface area contributed by atoms with Gasteiger partial charge in [-0.1, -0.05) is 62.4 Å². The second-order valence-electron chi connectivity index (χ2n) is 10.7. The highest BCUT2D eigenvalue weighted by molar-refractivity contribution is 5.86. The molecular weight excluding hydrogens is 444 g/mol. The van der Waals surface area contributed by atoms with Gasteiger partial charge in [-0.05, 0) is 59.8 Å². The quantitative estimate of drug-likeness (QED) is 0.527. The van der Waals surface area contributed by atoms with Crippen LogP contribution in [0.1, 0.15) is 56.6 Å². The Morgan fingerprint density at radius 1 is 1.03 bits per heavy atom. The molecule has 5 rings (SSSR count). The smallest absolute Gasteiger partial charge is 0.407 e. The molecule has 2 amide bonds. The molecule has 7 heteroatoms. The van der Waals surface area contributed by atoms with Crippen LogP contribution in [0.4, 0.5) is 4.79 Å². The highest BCUT2D eigenvalue weighted by atomic mass is 16.5. The van der Waals surface area contributed by atoms with Gasteiger partial charge in [0, 0.05) is 12.0 Å². The summed E-state index contributed by atoms with van der Waals surface area (Å²) in [4.78, 5) is 37.4. The van der Waals surface area contributed by atoms with Crippen molar-refractivity contribution in [3.8, 4) is 11.1 Å². The number of alkyl carbamates (subject to hydrolysis) is 1. The fraction of sp³-hybridized carbons (Fsp3) is 0.464. The van der Waals surface area contributed by atoms with E-state index in [0.29, 0.717) is 25.7 Å². The molecule has 3 aliphatic rings. The van der Waals surface area contributed by atoms with Gasteiger partial charge in [0.25, 0.3) is 0 Å². The van der Waals surface area contributed by atoms with Gasteiger partial charge in [0.05, 0.1) is 5.41 Å². The minimum Gasteiger partial charge on any atom is -0.481 e. The van der Waals surface area contributed by atoms with E-state index in [9.17, 15) is 19.5 Å². The molecule has 35 heavy (non-hydrogen) atoms. The van der Waals surface area contributed by atoms with E-state index < -0.39 is 23.5 Å². The average Bonchev–Trinajstić information content (AvgIpc) is 3.26. The van der Waals surface area contributed by atoms with Gasteiger partial charge >= 0.3 is 12.1 Å². The Balaban J connectivity index is 1.20. The number of benzene rings is 2. The summed E-state index contributed by atoms with van der Waals surface area (Å²) in [5.41, 5.74) is 3.91. The zero-order chi connectivity index (χ0) is 24.7. The second kappa shape index (κ2) is 9.02. The Morgan fingerprint density at radius 3 is 2.23 bits per heavy atom. The summed E-state index contributed by atoms with van der Waals surface area (Å²) in [6, 6.07) is 15.4. The molecule has 2 saturated carbocycles. The maximum Gasteiger partial charge on any atom is 0.407 e. The standard InChI is InChI=1S/C28H32N2O5/c1-16(2)11-24(25(31)29-18-12-17-13-28(17,14-18)26(32)33)30-27(34)35-15-23-21-9-5-3-7-19(21)20-8-4-6-10-22(20)23/h3-10,16-18,23-24H,11-15H2,1-2H3,(H,29,31)(H,30,34)(H,32,33)/t17-,18+,24-,28+/m0/s1. The monoisotopic (exact) mass is 476 g/mol. The molecule has 0 aromatic heterocycles. The molecule has 0 heterocycles. The van der Waals surface area contributed by atoms with E-state index in [1.54, 1.807) is 0 Å². The van der Waals surface area contributed by atoms with Gasteiger partial charge in [0.1, 0.15) is 12.6 Å². The largest absolute Gasteiger partial charge is 0.481 e. The van der Waals surface area contributed by atoms with Crippen LogP contribution in [0.5, 0.6) is 0 Å². The summed E-state index contributed by atoms with van der Waals surface area (Å²) in [5, 5.41) is 15.2. The highest BCUT2D eigenvalue weighted by Crippen LogP contribution is 2.63. The number of carboxylic acids is 1. The van der Waals surface area contributed by atoms with Crippen molar-refractivity contribution >= 4 is 18.0 Å². The maximum absolute atomic E-state index is 13.0. The summed E-state index contributed by atoms with van der Waals surface area (Å²) < 4.78 is 5.64. The van der Waals surface area contributed by atoms with Crippen LogP contribution in [0, 0.1) is 17.3 Å². The van der Waals surface area contributed by atoms with Crippen LogP contribution in [0.25, 0.3) is 11.1 Å². The molecule has 0 aliphatic heterocycles. The maximum atomic E-state index is 13.0. The normalized spacial score (nSPS) is 24.8. The van der Waals surface area contributed by atoms with E-state index >= 15 is 0 Å². The number of carbonyl (C=O) groups is 3. The number of hydrogen-bond acceptors (Lipinski definition) is 4. The van der Waals surface area contributed by atoms with Crippen LogP contribution < -0.4 is 10.6 Å². The van der Waals surface area contributed by atoms with Crippen molar-refractivity contribution in [2.24, 2.45) is 17.3 Å². The van der Waals surface area contributed by atoms with E-state index in [0.717, 1.165) is 22.3 Å². The molecule has 184 valence electrons. The van der Waals surface area contributed by atoms with Gasteiger partial charge in [0.2, 0.25) is 5.91 Å². The summed E-state index contributed by atoms with van der Waals surface area (Å²) in [5.74, 6) is -0.775. The molecule has 0 spiro atoms. The number of carbonyl (C=O) groups excluding carboxylic acids is 2. The summed E-state index contributed by atoms with van der Waals surface area (Å²) in [7, 11) is 0. The Bertz CT molecular complexity index is 1120. The number of amides is 2. The Hall–Kier alpha value is -3.35. The highest BCUT2D eigenvalue weighted by Gasteiger charge is 2.65. The van der Waals surface area contributed by atoms with E-state index in [1.807, 2.05) is 38.1 Å². The van der Waals surface area contributed by atoms with Crippen LogP contribution in [0.15, 0.2) is 48.5 Å². The van der Waals surface area contributed by atoms with E-state index in [1.165, 1.54) is 0 Å². The molecule has 0 radical (unpaired) electrons. The van der Waals surface area contributed by atoms with Crippen molar-refractivity contribution in [1.29, 1.82) is 0 Å². The number of hydrogen-bond donors (Lipinski definition) is 3.